The molecule has 0 aliphatic rings. The fraction of sp³-hybridized carbons (Fsp3) is 0.250. The molecule has 0 radical (unpaired) electrons. The van der Waals surface area contributed by atoms with Gasteiger partial charge in [0, 0.05) is 48.6 Å². The van der Waals surface area contributed by atoms with E-state index in [1.807, 2.05) is 36.9 Å². The van der Waals surface area contributed by atoms with Gasteiger partial charge in [-0.25, -0.2) is 9.97 Å². The second kappa shape index (κ2) is 9.47. The maximum atomic E-state index is 6.11. The van der Waals surface area contributed by atoms with Crippen molar-refractivity contribution in [1.29, 1.82) is 0 Å². The van der Waals surface area contributed by atoms with Gasteiger partial charge in [0.15, 0.2) is 11.8 Å². The molecule has 4 aromatic rings. The molecule has 0 spiro atoms. The minimum Gasteiger partial charge on any atom is -0.411 e. The summed E-state index contributed by atoms with van der Waals surface area (Å²) < 4.78 is 5.82. The third-order valence-corrected chi connectivity index (χ3v) is 5.41. The van der Waals surface area contributed by atoms with E-state index >= 15 is 0 Å². The molecule has 3 heterocycles. The van der Waals surface area contributed by atoms with Gasteiger partial charge < -0.3 is 15.1 Å². The lowest BCUT2D eigenvalue weighted by molar-refractivity contribution is 0.460. The fourth-order valence-electron chi connectivity index (χ4n) is 2.90. The lowest BCUT2D eigenvalue weighted by Crippen LogP contribution is -2.36. The molecule has 31 heavy (non-hydrogen) atoms. The number of benzene rings is 1. The SMILES string of the molecule is CCN(CC)C(N)=Nc1ncncc1CSc1nnc(-c2ccc3nccnc3c2)o1. The van der Waals surface area contributed by atoms with E-state index in [4.69, 9.17) is 10.2 Å². The molecule has 3 aromatic heterocycles. The van der Waals surface area contributed by atoms with Gasteiger partial charge in [0.25, 0.3) is 5.22 Å². The average Bonchev–Trinajstić information content (AvgIpc) is 3.28. The molecule has 1 aromatic carbocycles. The Morgan fingerprint density at radius 2 is 1.90 bits per heavy atom. The number of hydrogen-bond donors (Lipinski definition) is 1. The van der Waals surface area contributed by atoms with Crippen LogP contribution in [0.25, 0.3) is 22.5 Å². The van der Waals surface area contributed by atoms with Gasteiger partial charge in [-0.1, -0.05) is 11.8 Å². The first-order valence-electron chi connectivity index (χ1n) is 9.73. The highest BCUT2D eigenvalue weighted by molar-refractivity contribution is 7.98. The van der Waals surface area contributed by atoms with Gasteiger partial charge >= 0.3 is 0 Å². The predicted molar refractivity (Wildman–Crippen MR) is 119 cm³/mol. The van der Waals surface area contributed by atoms with Crippen molar-refractivity contribution in [3.05, 3.63) is 48.7 Å². The van der Waals surface area contributed by atoms with E-state index in [0.717, 1.165) is 35.2 Å². The summed E-state index contributed by atoms with van der Waals surface area (Å²) in [4.78, 5) is 23.4. The van der Waals surface area contributed by atoms with Crippen molar-refractivity contribution >= 4 is 34.6 Å². The monoisotopic (exact) mass is 435 g/mol. The number of hydrogen-bond acceptors (Lipinski definition) is 9. The average molecular weight is 436 g/mol. The molecule has 10 nitrogen and oxygen atoms in total. The molecule has 0 amide bonds. The summed E-state index contributed by atoms with van der Waals surface area (Å²) in [7, 11) is 0. The van der Waals surface area contributed by atoms with Crippen LogP contribution >= 0.6 is 11.8 Å². The highest BCUT2D eigenvalue weighted by atomic mass is 32.2. The van der Waals surface area contributed by atoms with Crippen LogP contribution in [0.5, 0.6) is 0 Å². The van der Waals surface area contributed by atoms with E-state index in [1.54, 1.807) is 18.6 Å². The van der Waals surface area contributed by atoms with Crippen molar-refractivity contribution < 1.29 is 4.42 Å². The third kappa shape index (κ3) is 4.77. The van der Waals surface area contributed by atoms with E-state index in [1.165, 1.54) is 18.1 Å². The molecule has 0 aliphatic heterocycles. The van der Waals surface area contributed by atoms with Crippen LogP contribution in [0.1, 0.15) is 19.4 Å². The highest BCUT2D eigenvalue weighted by Crippen LogP contribution is 2.29. The van der Waals surface area contributed by atoms with Gasteiger partial charge in [0.2, 0.25) is 5.89 Å². The first kappa shape index (κ1) is 20.7. The minimum absolute atomic E-state index is 0.420. The van der Waals surface area contributed by atoms with E-state index in [9.17, 15) is 0 Å². The van der Waals surface area contributed by atoms with Crippen LogP contribution in [0.3, 0.4) is 0 Å². The maximum Gasteiger partial charge on any atom is 0.277 e. The van der Waals surface area contributed by atoms with E-state index in [2.05, 4.69) is 35.1 Å². The molecule has 0 unspecified atom stereocenters. The number of thioether (sulfide) groups is 1. The standard InChI is InChI=1S/C20H21N9OS/c1-3-29(4-2)19(21)26-17-14(10-22-12-25-17)11-31-20-28-27-18(30-20)13-5-6-15-16(9-13)24-8-7-23-15/h5-10,12H,3-4,11H2,1-2H3,(H2,21,22,25,26). The van der Waals surface area contributed by atoms with Crippen LogP contribution in [-0.2, 0) is 5.75 Å². The Labute approximate surface area is 183 Å². The van der Waals surface area contributed by atoms with Crippen molar-refractivity contribution in [3.63, 3.8) is 0 Å². The smallest absolute Gasteiger partial charge is 0.277 e. The highest BCUT2D eigenvalue weighted by Gasteiger charge is 2.13. The van der Waals surface area contributed by atoms with Gasteiger partial charge in [-0.15, -0.1) is 10.2 Å². The number of nitrogens with two attached hydrogens (primary N) is 1. The molecule has 0 bridgehead atoms. The van der Waals surface area contributed by atoms with Crippen LogP contribution in [0.15, 0.2) is 57.7 Å². The van der Waals surface area contributed by atoms with Gasteiger partial charge in [-0.3, -0.25) is 9.97 Å². The lowest BCUT2D eigenvalue weighted by Gasteiger charge is -2.19. The summed E-state index contributed by atoms with van der Waals surface area (Å²) in [6.07, 6.45) is 6.48. The Hall–Kier alpha value is -3.60. The topological polar surface area (TPSA) is 132 Å². The molecular formula is C20H21N9OS. The molecule has 11 heteroatoms. The maximum absolute atomic E-state index is 6.11. The quantitative estimate of drug-likeness (QED) is 0.262. The van der Waals surface area contributed by atoms with Crippen molar-refractivity contribution in [2.24, 2.45) is 10.7 Å². The summed E-state index contributed by atoms with van der Waals surface area (Å²) in [5, 5.41) is 8.72. The molecule has 0 saturated carbocycles. The first-order chi connectivity index (χ1) is 15.2. The number of nitrogens with zero attached hydrogens (tertiary/aromatic N) is 8. The zero-order valence-electron chi connectivity index (χ0n) is 17.1. The first-order valence-corrected chi connectivity index (χ1v) is 10.7. The van der Waals surface area contributed by atoms with Gasteiger partial charge in [-0.05, 0) is 32.0 Å². The number of fused-ring (bicyclic) bond motifs is 1. The summed E-state index contributed by atoms with van der Waals surface area (Å²) in [6, 6.07) is 5.63. The molecule has 0 atom stereocenters. The summed E-state index contributed by atoms with van der Waals surface area (Å²) >= 11 is 1.38. The number of aliphatic imine (C=N–C) groups is 1. The van der Waals surface area contributed by atoms with E-state index in [0.29, 0.717) is 28.6 Å². The normalized spacial score (nSPS) is 11.7. The third-order valence-electron chi connectivity index (χ3n) is 4.55. The number of guanidine groups is 1. The predicted octanol–water partition coefficient (Wildman–Crippen LogP) is 3.05. The van der Waals surface area contributed by atoms with Crippen LogP contribution in [-0.4, -0.2) is 54.1 Å². The zero-order valence-corrected chi connectivity index (χ0v) is 18.0. The van der Waals surface area contributed by atoms with Crippen molar-refractivity contribution in [2.45, 2.75) is 24.8 Å². The van der Waals surface area contributed by atoms with Crippen molar-refractivity contribution in [2.75, 3.05) is 13.1 Å². The lowest BCUT2D eigenvalue weighted by atomic mass is 10.2. The van der Waals surface area contributed by atoms with Crippen LogP contribution in [0.2, 0.25) is 0 Å². The van der Waals surface area contributed by atoms with Crippen LogP contribution in [0, 0.1) is 0 Å². The molecule has 158 valence electrons. The summed E-state index contributed by atoms with van der Waals surface area (Å²) in [6.45, 7) is 5.59. The molecule has 0 saturated heterocycles. The molecule has 4 rings (SSSR count). The van der Waals surface area contributed by atoms with Crippen molar-refractivity contribution in [1.82, 2.24) is 35.0 Å². The van der Waals surface area contributed by atoms with Crippen LogP contribution in [0.4, 0.5) is 5.82 Å². The molecular weight excluding hydrogens is 414 g/mol. The van der Waals surface area contributed by atoms with Gasteiger partial charge in [0.1, 0.15) is 6.33 Å². The molecule has 0 fully saturated rings. The molecule has 2 N–H and O–H groups in total. The van der Waals surface area contributed by atoms with Crippen LogP contribution < -0.4 is 5.73 Å². The van der Waals surface area contributed by atoms with Crippen molar-refractivity contribution in [3.8, 4) is 11.5 Å². The Bertz CT molecular complexity index is 1210. The Morgan fingerprint density at radius 3 is 2.71 bits per heavy atom. The second-order valence-corrected chi connectivity index (χ2v) is 7.36. The van der Waals surface area contributed by atoms with E-state index in [-0.39, 0.29) is 0 Å². The minimum atomic E-state index is 0.420. The Balaban J connectivity index is 1.49. The summed E-state index contributed by atoms with van der Waals surface area (Å²) in [5.74, 6) is 1.88. The van der Waals surface area contributed by atoms with Gasteiger partial charge in [-0.2, -0.15) is 4.99 Å². The fourth-order valence-corrected chi connectivity index (χ4v) is 3.62. The van der Waals surface area contributed by atoms with Gasteiger partial charge in [0.05, 0.1) is 11.0 Å². The number of rotatable bonds is 7. The van der Waals surface area contributed by atoms with E-state index < -0.39 is 0 Å². The largest absolute Gasteiger partial charge is 0.411 e. The summed E-state index contributed by atoms with van der Waals surface area (Å²) in [5.41, 5.74) is 9.29. The Kier molecular flexibility index (Phi) is 6.32. The Morgan fingerprint density at radius 1 is 1.10 bits per heavy atom. The zero-order chi connectivity index (χ0) is 21.6. The number of aromatic nitrogens is 6. The molecule has 0 aliphatic carbocycles. The second-order valence-electron chi connectivity index (χ2n) is 6.44.